The number of nitrogens with zero attached hydrogens (tertiary/aromatic N) is 3. The fourth-order valence-corrected chi connectivity index (χ4v) is 2.96. The Kier molecular flexibility index (Phi) is 4.33. The van der Waals surface area contributed by atoms with E-state index in [1.165, 1.54) is 12.1 Å². The molecule has 0 spiro atoms. The van der Waals surface area contributed by atoms with Gasteiger partial charge in [-0.3, -0.25) is 4.79 Å². The van der Waals surface area contributed by atoms with Gasteiger partial charge in [-0.2, -0.15) is 0 Å². The first-order valence-electron chi connectivity index (χ1n) is 8.02. The van der Waals surface area contributed by atoms with Gasteiger partial charge in [0.1, 0.15) is 11.6 Å². The number of hydrogen-bond donors (Lipinski definition) is 2. The molecule has 0 radical (unpaired) electrons. The van der Waals surface area contributed by atoms with Crippen LogP contribution in [0.2, 0.25) is 0 Å². The topological polar surface area (TPSA) is 97.1 Å². The molecule has 3 rings (SSSR count). The Morgan fingerprint density at radius 1 is 1.29 bits per heavy atom. The lowest BCUT2D eigenvalue weighted by atomic mass is 10.0. The second-order valence-corrected chi connectivity index (χ2v) is 6.33. The van der Waals surface area contributed by atoms with Crippen LogP contribution in [0.4, 0.5) is 0 Å². The van der Waals surface area contributed by atoms with Gasteiger partial charge >= 0.3 is 5.97 Å². The molecule has 1 atom stereocenters. The smallest absolute Gasteiger partial charge is 0.335 e. The van der Waals surface area contributed by atoms with Crippen LogP contribution in [0.1, 0.15) is 58.6 Å². The van der Waals surface area contributed by atoms with Crippen LogP contribution in [0, 0.1) is 0 Å². The third-order valence-corrected chi connectivity index (χ3v) is 4.20. The highest BCUT2D eigenvalue weighted by atomic mass is 16.4. The lowest BCUT2D eigenvalue weighted by Crippen LogP contribution is -2.41. The number of amides is 1. The fourth-order valence-electron chi connectivity index (χ4n) is 2.96. The summed E-state index contributed by atoms with van der Waals surface area (Å²) in [5.41, 5.74) is 0.461. The number of carboxylic acid groups (broad SMARTS) is 1. The Morgan fingerprint density at radius 3 is 2.75 bits per heavy atom. The summed E-state index contributed by atoms with van der Waals surface area (Å²) in [4.78, 5) is 23.4. The molecule has 7 heteroatoms. The average molecular weight is 328 g/mol. The van der Waals surface area contributed by atoms with Crippen LogP contribution < -0.4 is 5.32 Å². The maximum Gasteiger partial charge on any atom is 0.335 e. The van der Waals surface area contributed by atoms with Gasteiger partial charge in [-0.25, -0.2) is 4.79 Å². The second-order valence-electron chi connectivity index (χ2n) is 6.33. The van der Waals surface area contributed by atoms with Gasteiger partial charge in [0, 0.05) is 30.5 Å². The van der Waals surface area contributed by atoms with Crippen LogP contribution >= 0.6 is 0 Å². The van der Waals surface area contributed by atoms with Crippen molar-refractivity contribution < 1.29 is 14.7 Å². The van der Waals surface area contributed by atoms with Crippen LogP contribution in [0.15, 0.2) is 24.3 Å². The van der Waals surface area contributed by atoms with Gasteiger partial charge in [-0.15, -0.1) is 10.2 Å². The molecule has 2 aromatic rings. The molecule has 2 heterocycles. The standard InChI is InChI=1S/C17H20N4O3/c1-10(2)15-20-19-14-7-6-13(9-21(14)15)18-16(22)11-4-3-5-12(8-11)17(23)24/h3-5,8,10,13H,6-7,9H2,1-2H3,(H,18,22)(H,23,24). The predicted octanol–water partition coefficient (Wildman–Crippen LogP) is 1.84. The molecule has 1 amide bonds. The molecule has 0 fully saturated rings. The van der Waals surface area contributed by atoms with Crippen molar-refractivity contribution in [1.29, 1.82) is 0 Å². The van der Waals surface area contributed by atoms with Gasteiger partial charge in [0.25, 0.3) is 5.91 Å². The molecule has 2 N–H and O–H groups in total. The summed E-state index contributed by atoms with van der Waals surface area (Å²) < 4.78 is 2.08. The monoisotopic (exact) mass is 328 g/mol. The quantitative estimate of drug-likeness (QED) is 0.892. The molecule has 1 aliphatic heterocycles. The molecule has 7 nitrogen and oxygen atoms in total. The number of rotatable bonds is 4. The number of nitrogens with one attached hydrogen (secondary N) is 1. The summed E-state index contributed by atoms with van der Waals surface area (Å²) in [6, 6.07) is 6.04. The summed E-state index contributed by atoms with van der Waals surface area (Å²) in [6.07, 6.45) is 1.56. The van der Waals surface area contributed by atoms with Crippen LogP contribution in [0.25, 0.3) is 0 Å². The van der Waals surface area contributed by atoms with E-state index < -0.39 is 5.97 Å². The number of benzene rings is 1. The van der Waals surface area contributed by atoms with Crippen LogP contribution in [-0.2, 0) is 13.0 Å². The number of carbonyl (C=O) groups is 2. The van der Waals surface area contributed by atoms with Crippen LogP contribution in [-0.4, -0.2) is 37.8 Å². The molecule has 0 saturated carbocycles. The van der Waals surface area contributed by atoms with Gasteiger partial charge in [-0.05, 0) is 24.6 Å². The maximum atomic E-state index is 12.4. The minimum atomic E-state index is -1.04. The van der Waals surface area contributed by atoms with E-state index in [4.69, 9.17) is 5.11 Å². The van der Waals surface area contributed by atoms with Crippen molar-refractivity contribution in [3.63, 3.8) is 0 Å². The molecule has 0 saturated heterocycles. The molecule has 0 aliphatic carbocycles. The predicted molar refractivity (Wildman–Crippen MR) is 87.1 cm³/mol. The minimum absolute atomic E-state index is 0.0213. The number of aromatic nitrogens is 3. The van der Waals surface area contributed by atoms with E-state index >= 15 is 0 Å². The van der Waals surface area contributed by atoms with Crippen molar-refractivity contribution in [2.45, 2.75) is 45.2 Å². The number of aromatic carboxylic acids is 1. The number of fused-ring (bicyclic) bond motifs is 1. The Hall–Kier alpha value is -2.70. The van der Waals surface area contributed by atoms with Gasteiger partial charge in [0.2, 0.25) is 0 Å². The van der Waals surface area contributed by atoms with Crippen molar-refractivity contribution in [3.05, 3.63) is 47.0 Å². The van der Waals surface area contributed by atoms with E-state index in [1.54, 1.807) is 12.1 Å². The Labute approximate surface area is 139 Å². The van der Waals surface area contributed by atoms with E-state index in [9.17, 15) is 9.59 Å². The Bertz CT molecular complexity index is 782. The maximum absolute atomic E-state index is 12.4. The molecule has 0 bridgehead atoms. The third kappa shape index (κ3) is 3.15. The van der Waals surface area contributed by atoms with E-state index in [2.05, 4.69) is 33.9 Å². The third-order valence-electron chi connectivity index (χ3n) is 4.20. The van der Waals surface area contributed by atoms with E-state index in [1.807, 2.05) is 0 Å². The number of carboxylic acids is 1. The fraction of sp³-hybridized carbons (Fsp3) is 0.412. The van der Waals surface area contributed by atoms with Gasteiger partial charge in [-0.1, -0.05) is 19.9 Å². The van der Waals surface area contributed by atoms with E-state index in [-0.39, 0.29) is 23.4 Å². The number of hydrogen-bond acceptors (Lipinski definition) is 4. The van der Waals surface area contributed by atoms with Crippen LogP contribution in [0.3, 0.4) is 0 Å². The molecular formula is C17H20N4O3. The molecule has 24 heavy (non-hydrogen) atoms. The first-order chi connectivity index (χ1) is 11.5. The highest BCUT2D eigenvalue weighted by Gasteiger charge is 2.25. The van der Waals surface area contributed by atoms with Gasteiger partial charge < -0.3 is 15.0 Å². The van der Waals surface area contributed by atoms with Gasteiger partial charge in [0.05, 0.1) is 5.56 Å². The zero-order chi connectivity index (χ0) is 17.3. The van der Waals surface area contributed by atoms with Gasteiger partial charge in [0.15, 0.2) is 0 Å². The minimum Gasteiger partial charge on any atom is -0.478 e. The summed E-state index contributed by atoms with van der Waals surface area (Å²) in [6.45, 7) is 4.77. The van der Waals surface area contributed by atoms with E-state index in [0.29, 0.717) is 12.1 Å². The number of carbonyl (C=O) groups excluding carboxylic acids is 1. The molecule has 1 aliphatic rings. The highest BCUT2D eigenvalue weighted by molar-refractivity contribution is 5.97. The largest absolute Gasteiger partial charge is 0.478 e. The zero-order valence-corrected chi connectivity index (χ0v) is 13.7. The first kappa shape index (κ1) is 16.2. The zero-order valence-electron chi connectivity index (χ0n) is 13.7. The van der Waals surface area contributed by atoms with Crippen molar-refractivity contribution >= 4 is 11.9 Å². The summed E-state index contributed by atoms with van der Waals surface area (Å²) in [7, 11) is 0. The molecule has 1 aromatic heterocycles. The molecule has 1 aromatic carbocycles. The molecule has 1 unspecified atom stereocenters. The average Bonchev–Trinajstić information content (AvgIpc) is 2.98. The first-order valence-corrected chi connectivity index (χ1v) is 8.02. The summed E-state index contributed by atoms with van der Waals surface area (Å²) in [5, 5.41) is 20.5. The lowest BCUT2D eigenvalue weighted by Gasteiger charge is -2.26. The molecule has 126 valence electrons. The summed E-state index contributed by atoms with van der Waals surface area (Å²) in [5.74, 6) is 0.852. The highest BCUT2D eigenvalue weighted by Crippen LogP contribution is 2.20. The number of aryl methyl sites for hydroxylation is 1. The molecular weight excluding hydrogens is 308 g/mol. The van der Waals surface area contributed by atoms with Crippen molar-refractivity contribution in [3.8, 4) is 0 Å². The second kappa shape index (κ2) is 6.43. The van der Waals surface area contributed by atoms with Crippen molar-refractivity contribution in [1.82, 2.24) is 20.1 Å². The van der Waals surface area contributed by atoms with Crippen molar-refractivity contribution in [2.24, 2.45) is 0 Å². The lowest BCUT2D eigenvalue weighted by molar-refractivity contribution is 0.0697. The van der Waals surface area contributed by atoms with Crippen LogP contribution in [0.5, 0.6) is 0 Å². The van der Waals surface area contributed by atoms with E-state index in [0.717, 1.165) is 24.5 Å². The Balaban J connectivity index is 1.73. The SMILES string of the molecule is CC(C)c1nnc2n1CC(NC(=O)c1cccc(C(=O)O)c1)CC2. The normalized spacial score (nSPS) is 16.7. The summed E-state index contributed by atoms with van der Waals surface area (Å²) >= 11 is 0. The Morgan fingerprint density at radius 2 is 2.04 bits per heavy atom. The van der Waals surface area contributed by atoms with Crippen molar-refractivity contribution in [2.75, 3.05) is 0 Å².